The molecule has 0 radical (unpaired) electrons. The zero-order valence-corrected chi connectivity index (χ0v) is 16.5. The second-order valence-corrected chi connectivity index (χ2v) is 7.40. The quantitative estimate of drug-likeness (QED) is 0.702. The lowest BCUT2D eigenvalue weighted by Gasteiger charge is -2.27. The van der Waals surface area contributed by atoms with Gasteiger partial charge in [0.2, 0.25) is 0 Å². The van der Waals surface area contributed by atoms with Crippen LogP contribution in [0.15, 0.2) is 67.1 Å². The molecule has 1 aromatic carbocycles. The van der Waals surface area contributed by atoms with Gasteiger partial charge in [0.05, 0.1) is 17.8 Å². The van der Waals surface area contributed by atoms with Crippen molar-refractivity contribution in [3.63, 3.8) is 0 Å². The monoisotopic (exact) mass is 377 g/mol. The molecular formula is C21H23N5S. The third-order valence-corrected chi connectivity index (χ3v) is 5.25. The molecule has 3 heterocycles. The average molecular weight is 378 g/mol. The van der Waals surface area contributed by atoms with Crippen molar-refractivity contribution in [3.8, 4) is 0 Å². The van der Waals surface area contributed by atoms with Crippen LogP contribution in [0.1, 0.15) is 23.3 Å². The van der Waals surface area contributed by atoms with Gasteiger partial charge in [-0.05, 0) is 60.2 Å². The molecule has 0 spiro atoms. The average Bonchev–Trinajstić information content (AvgIpc) is 3.25. The molecule has 6 heteroatoms. The number of benzene rings is 1. The zero-order chi connectivity index (χ0) is 19.0. The largest absolute Gasteiger partial charge is 0.378 e. The molecule has 1 aliphatic heterocycles. The summed E-state index contributed by atoms with van der Waals surface area (Å²) in [5.41, 5.74) is 4.43. The first-order valence-corrected chi connectivity index (χ1v) is 9.35. The lowest BCUT2D eigenvalue weighted by Crippen LogP contribution is -2.29. The van der Waals surface area contributed by atoms with Gasteiger partial charge in [-0.1, -0.05) is 6.07 Å². The highest BCUT2D eigenvalue weighted by Gasteiger charge is 2.40. The SMILES string of the molecule is CN(C)c1ccc(N2C(=S)N[C@H](c3ccccn3)[C@H]2c2ccn(C)c2)cc1. The summed E-state index contributed by atoms with van der Waals surface area (Å²) in [4.78, 5) is 8.87. The van der Waals surface area contributed by atoms with Crippen LogP contribution in [-0.2, 0) is 7.05 Å². The highest BCUT2D eigenvalue weighted by Crippen LogP contribution is 2.41. The van der Waals surface area contributed by atoms with E-state index in [0.717, 1.165) is 22.2 Å². The Balaban J connectivity index is 1.78. The molecular weight excluding hydrogens is 354 g/mol. The summed E-state index contributed by atoms with van der Waals surface area (Å²) in [6, 6.07) is 16.7. The van der Waals surface area contributed by atoms with Crippen LogP contribution in [0, 0.1) is 0 Å². The van der Waals surface area contributed by atoms with E-state index in [9.17, 15) is 0 Å². The number of aromatic nitrogens is 2. The maximum Gasteiger partial charge on any atom is 0.174 e. The summed E-state index contributed by atoms with van der Waals surface area (Å²) in [5, 5.41) is 4.21. The van der Waals surface area contributed by atoms with Crippen LogP contribution in [0.5, 0.6) is 0 Å². The van der Waals surface area contributed by atoms with Crippen LogP contribution >= 0.6 is 12.2 Å². The molecule has 5 nitrogen and oxygen atoms in total. The first-order chi connectivity index (χ1) is 13.0. The molecule has 2 atom stereocenters. The molecule has 3 aromatic rings. The van der Waals surface area contributed by atoms with Gasteiger partial charge >= 0.3 is 0 Å². The molecule has 0 amide bonds. The predicted molar refractivity (Wildman–Crippen MR) is 114 cm³/mol. The minimum Gasteiger partial charge on any atom is -0.378 e. The number of anilines is 2. The summed E-state index contributed by atoms with van der Waals surface area (Å²) in [6.07, 6.45) is 6.05. The topological polar surface area (TPSA) is 36.3 Å². The first kappa shape index (κ1) is 17.5. The van der Waals surface area contributed by atoms with Gasteiger partial charge in [0.15, 0.2) is 5.11 Å². The van der Waals surface area contributed by atoms with Gasteiger partial charge in [0.25, 0.3) is 0 Å². The van der Waals surface area contributed by atoms with Crippen LogP contribution < -0.4 is 15.1 Å². The Labute approximate surface area is 165 Å². The van der Waals surface area contributed by atoms with Crippen molar-refractivity contribution in [2.45, 2.75) is 12.1 Å². The lowest BCUT2D eigenvalue weighted by molar-refractivity contribution is 0.567. The summed E-state index contributed by atoms with van der Waals surface area (Å²) in [7, 11) is 6.12. The third kappa shape index (κ3) is 3.28. The highest BCUT2D eigenvalue weighted by atomic mass is 32.1. The van der Waals surface area contributed by atoms with E-state index in [-0.39, 0.29) is 12.1 Å². The Morgan fingerprint density at radius 2 is 1.85 bits per heavy atom. The summed E-state index contributed by atoms with van der Waals surface area (Å²) < 4.78 is 2.07. The Morgan fingerprint density at radius 3 is 2.44 bits per heavy atom. The molecule has 0 aliphatic carbocycles. The van der Waals surface area contributed by atoms with Crippen LogP contribution in [0.3, 0.4) is 0 Å². The molecule has 1 fully saturated rings. The molecule has 0 unspecified atom stereocenters. The number of rotatable bonds is 4. The van der Waals surface area contributed by atoms with Crippen LogP contribution in [0.2, 0.25) is 0 Å². The Bertz CT molecular complexity index is 933. The minimum absolute atomic E-state index is 0.00498. The maximum absolute atomic E-state index is 5.74. The van der Waals surface area contributed by atoms with E-state index in [1.54, 1.807) is 0 Å². The highest BCUT2D eigenvalue weighted by molar-refractivity contribution is 7.80. The molecule has 1 N–H and O–H groups in total. The summed E-state index contributed by atoms with van der Waals surface area (Å²) >= 11 is 5.74. The van der Waals surface area contributed by atoms with Gasteiger partial charge in [-0.2, -0.15) is 0 Å². The van der Waals surface area contributed by atoms with Gasteiger partial charge in [-0.15, -0.1) is 0 Å². The van der Waals surface area contributed by atoms with Crippen molar-refractivity contribution in [1.82, 2.24) is 14.9 Å². The van der Waals surface area contributed by atoms with Crippen LogP contribution in [0.4, 0.5) is 11.4 Å². The van der Waals surface area contributed by atoms with Crippen molar-refractivity contribution < 1.29 is 0 Å². The molecule has 2 aromatic heterocycles. The van der Waals surface area contributed by atoms with E-state index in [0.29, 0.717) is 0 Å². The Kier molecular flexibility index (Phi) is 4.58. The molecule has 1 aliphatic rings. The van der Waals surface area contributed by atoms with E-state index >= 15 is 0 Å². The lowest BCUT2D eigenvalue weighted by atomic mass is 9.98. The number of pyridine rings is 1. The molecule has 0 bridgehead atoms. The summed E-state index contributed by atoms with van der Waals surface area (Å²) in [6.45, 7) is 0. The van der Waals surface area contributed by atoms with Gasteiger partial charge in [-0.25, -0.2) is 0 Å². The second-order valence-electron chi connectivity index (χ2n) is 7.02. The molecule has 4 rings (SSSR count). The first-order valence-electron chi connectivity index (χ1n) is 8.94. The second kappa shape index (κ2) is 7.04. The van der Waals surface area contributed by atoms with E-state index in [1.807, 2.05) is 39.5 Å². The number of thiocarbonyl (C=S) groups is 1. The van der Waals surface area contributed by atoms with Crippen molar-refractivity contribution in [3.05, 3.63) is 78.4 Å². The van der Waals surface area contributed by atoms with Crippen molar-refractivity contribution in [2.24, 2.45) is 7.05 Å². The Morgan fingerprint density at radius 1 is 1.07 bits per heavy atom. The predicted octanol–water partition coefficient (Wildman–Crippen LogP) is 3.66. The van der Waals surface area contributed by atoms with Crippen molar-refractivity contribution >= 4 is 28.7 Å². The Hall–Kier alpha value is -2.86. The van der Waals surface area contributed by atoms with E-state index in [1.165, 1.54) is 5.56 Å². The van der Waals surface area contributed by atoms with Crippen molar-refractivity contribution in [2.75, 3.05) is 23.9 Å². The maximum atomic E-state index is 5.74. The standard InChI is InChI=1S/C21H23N5S/c1-24(2)16-7-9-17(10-8-16)26-20(15-11-13-25(3)14-15)19(23-21(26)27)18-6-4-5-12-22-18/h4-14,19-20H,1-3H3,(H,23,27)/t19-,20-/m1/s1. The number of nitrogens with zero attached hydrogens (tertiary/aromatic N) is 4. The van der Waals surface area contributed by atoms with Gasteiger partial charge in [0, 0.05) is 51.1 Å². The minimum atomic E-state index is -0.00498. The van der Waals surface area contributed by atoms with Crippen LogP contribution in [0.25, 0.3) is 0 Å². The molecule has 138 valence electrons. The smallest absolute Gasteiger partial charge is 0.174 e. The van der Waals surface area contributed by atoms with E-state index in [2.05, 4.69) is 73.5 Å². The number of hydrogen-bond donors (Lipinski definition) is 1. The molecule has 0 saturated carbocycles. The van der Waals surface area contributed by atoms with Crippen molar-refractivity contribution in [1.29, 1.82) is 0 Å². The van der Waals surface area contributed by atoms with E-state index < -0.39 is 0 Å². The normalized spacial score (nSPS) is 19.2. The zero-order valence-electron chi connectivity index (χ0n) is 15.7. The third-order valence-electron chi connectivity index (χ3n) is 4.94. The molecule has 1 saturated heterocycles. The number of hydrogen-bond acceptors (Lipinski definition) is 3. The summed E-state index contributed by atoms with van der Waals surface area (Å²) in [5.74, 6) is 0. The van der Waals surface area contributed by atoms with Gasteiger partial charge in [-0.3, -0.25) is 4.98 Å². The fourth-order valence-corrected chi connectivity index (χ4v) is 3.93. The van der Waals surface area contributed by atoms with Crippen LogP contribution in [-0.4, -0.2) is 28.8 Å². The fraction of sp³-hybridized carbons (Fsp3) is 0.238. The molecule has 27 heavy (non-hydrogen) atoms. The number of aryl methyl sites for hydroxylation is 1. The van der Waals surface area contributed by atoms with Gasteiger partial charge < -0.3 is 19.7 Å². The number of nitrogens with one attached hydrogen (secondary N) is 1. The fourth-order valence-electron chi connectivity index (χ4n) is 3.58. The van der Waals surface area contributed by atoms with E-state index in [4.69, 9.17) is 12.2 Å². The van der Waals surface area contributed by atoms with Gasteiger partial charge in [0.1, 0.15) is 0 Å².